The average molecular weight is 174 g/mol. The smallest absolute Gasteiger partial charge is 0.294 e. The Balaban J connectivity index is 2.13. The standard InChI is InChI=1S/C7H14N2O3/c8-7-3-1-6(2-4-7)5-12-9(10)11/h6-7H,1-5,8H2. The van der Waals surface area contributed by atoms with Gasteiger partial charge in [-0.2, -0.15) is 0 Å². The van der Waals surface area contributed by atoms with Crippen molar-refractivity contribution in [3.63, 3.8) is 0 Å². The molecule has 0 spiro atoms. The van der Waals surface area contributed by atoms with E-state index in [0.29, 0.717) is 5.92 Å². The molecular weight excluding hydrogens is 160 g/mol. The van der Waals surface area contributed by atoms with Crippen LogP contribution in [0.1, 0.15) is 25.7 Å². The summed E-state index contributed by atoms with van der Waals surface area (Å²) in [5.74, 6) is 0.329. The van der Waals surface area contributed by atoms with Gasteiger partial charge in [-0.3, -0.25) is 0 Å². The Kier molecular flexibility index (Phi) is 3.28. The second kappa shape index (κ2) is 4.25. The first-order valence-electron chi connectivity index (χ1n) is 4.21. The van der Waals surface area contributed by atoms with Crippen LogP contribution in [0.2, 0.25) is 0 Å². The van der Waals surface area contributed by atoms with E-state index in [-0.39, 0.29) is 12.6 Å². The minimum atomic E-state index is -0.728. The summed E-state index contributed by atoms with van der Waals surface area (Å²) in [6, 6.07) is 0.289. The highest BCUT2D eigenvalue weighted by Crippen LogP contribution is 2.23. The van der Waals surface area contributed by atoms with E-state index in [1.165, 1.54) is 0 Å². The number of nitrogens with two attached hydrogens (primary N) is 1. The zero-order valence-corrected chi connectivity index (χ0v) is 6.94. The van der Waals surface area contributed by atoms with E-state index in [0.717, 1.165) is 25.7 Å². The summed E-state index contributed by atoms with van der Waals surface area (Å²) in [6.45, 7) is 0.236. The second-order valence-electron chi connectivity index (χ2n) is 3.30. The maximum atomic E-state index is 9.86. The summed E-state index contributed by atoms with van der Waals surface area (Å²) < 4.78 is 0. The SMILES string of the molecule is NC1CCC(CO[N+](=O)[O-])CC1. The van der Waals surface area contributed by atoms with Crippen LogP contribution in [0.25, 0.3) is 0 Å². The molecule has 0 aromatic heterocycles. The number of hydrogen-bond donors (Lipinski definition) is 1. The van der Waals surface area contributed by atoms with E-state index in [1.54, 1.807) is 0 Å². The van der Waals surface area contributed by atoms with Gasteiger partial charge < -0.3 is 10.6 Å². The van der Waals surface area contributed by atoms with Crippen LogP contribution in [-0.4, -0.2) is 17.7 Å². The van der Waals surface area contributed by atoms with E-state index in [2.05, 4.69) is 4.84 Å². The van der Waals surface area contributed by atoms with Crippen molar-refractivity contribution in [2.75, 3.05) is 6.61 Å². The van der Waals surface area contributed by atoms with Crippen molar-refractivity contribution in [3.8, 4) is 0 Å². The normalized spacial score (nSPS) is 29.8. The van der Waals surface area contributed by atoms with Gasteiger partial charge in [-0.1, -0.05) is 0 Å². The molecule has 0 aliphatic heterocycles. The Morgan fingerprint density at radius 2 is 2.00 bits per heavy atom. The monoisotopic (exact) mass is 174 g/mol. The van der Waals surface area contributed by atoms with Crippen molar-refractivity contribution in [2.45, 2.75) is 31.7 Å². The lowest BCUT2D eigenvalue weighted by Gasteiger charge is -2.24. The second-order valence-corrected chi connectivity index (χ2v) is 3.30. The van der Waals surface area contributed by atoms with Crippen LogP contribution in [0.5, 0.6) is 0 Å². The van der Waals surface area contributed by atoms with Crippen LogP contribution < -0.4 is 5.73 Å². The van der Waals surface area contributed by atoms with Crippen LogP contribution in [0, 0.1) is 16.0 Å². The summed E-state index contributed by atoms with van der Waals surface area (Å²) in [7, 11) is 0. The van der Waals surface area contributed by atoms with Crippen LogP contribution in [0.3, 0.4) is 0 Å². The molecule has 2 N–H and O–H groups in total. The van der Waals surface area contributed by atoms with Crippen molar-refractivity contribution >= 4 is 0 Å². The highest BCUT2D eigenvalue weighted by Gasteiger charge is 2.19. The Hall–Kier alpha value is -0.840. The Labute approximate surface area is 71.0 Å². The first-order chi connectivity index (χ1) is 5.68. The molecule has 0 amide bonds. The van der Waals surface area contributed by atoms with Gasteiger partial charge >= 0.3 is 0 Å². The summed E-state index contributed by atoms with van der Waals surface area (Å²) in [5, 5.41) is 9.14. The largest absolute Gasteiger partial charge is 0.328 e. The topological polar surface area (TPSA) is 78.4 Å². The quantitative estimate of drug-likeness (QED) is 0.505. The van der Waals surface area contributed by atoms with Crippen molar-refractivity contribution in [2.24, 2.45) is 11.7 Å². The Morgan fingerprint density at radius 1 is 1.42 bits per heavy atom. The van der Waals surface area contributed by atoms with Crippen molar-refractivity contribution in [1.29, 1.82) is 0 Å². The van der Waals surface area contributed by atoms with Crippen LogP contribution in [0.15, 0.2) is 0 Å². The van der Waals surface area contributed by atoms with E-state index < -0.39 is 5.09 Å². The molecule has 12 heavy (non-hydrogen) atoms. The van der Waals surface area contributed by atoms with E-state index in [4.69, 9.17) is 5.73 Å². The fraction of sp³-hybridized carbons (Fsp3) is 1.00. The molecule has 1 saturated carbocycles. The zero-order chi connectivity index (χ0) is 8.97. The molecule has 1 fully saturated rings. The third-order valence-electron chi connectivity index (χ3n) is 2.31. The number of hydrogen-bond acceptors (Lipinski definition) is 4. The fourth-order valence-electron chi connectivity index (χ4n) is 1.52. The van der Waals surface area contributed by atoms with Crippen molar-refractivity contribution < 1.29 is 9.92 Å². The van der Waals surface area contributed by atoms with Gasteiger partial charge in [0, 0.05) is 6.04 Å². The summed E-state index contributed by atoms with van der Waals surface area (Å²) in [6.07, 6.45) is 3.83. The minimum absolute atomic E-state index is 0.236. The molecule has 0 heterocycles. The fourth-order valence-corrected chi connectivity index (χ4v) is 1.52. The summed E-state index contributed by atoms with van der Waals surface area (Å²) >= 11 is 0. The van der Waals surface area contributed by atoms with Gasteiger partial charge in [-0.05, 0) is 31.6 Å². The molecule has 1 rings (SSSR count). The van der Waals surface area contributed by atoms with Gasteiger partial charge in [0.05, 0.1) is 6.61 Å². The summed E-state index contributed by atoms with van der Waals surface area (Å²) in [4.78, 5) is 14.2. The predicted octanol–water partition coefficient (Wildman–Crippen LogP) is 0.712. The molecule has 0 aromatic carbocycles. The molecule has 0 atom stereocenters. The molecule has 0 bridgehead atoms. The van der Waals surface area contributed by atoms with Gasteiger partial charge in [0.15, 0.2) is 0 Å². The molecule has 5 nitrogen and oxygen atoms in total. The number of nitrogens with zero attached hydrogens (tertiary/aromatic N) is 1. The molecule has 70 valence electrons. The third-order valence-corrected chi connectivity index (χ3v) is 2.31. The maximum Gasteiger partial charge on any atom is 0.294 e. The van der Waals surface area contributed by atoms with Gasteiger partial charge in [0.2, 0.25) is 0 Å². The Morgan fingerprint density at radius 3 is 2.50 bits per heavy atom. The van der Waals surface area contributed by atoms with Crippen LogP contribution >= 0.6 is 0 Å². The predicted molar refractivity (Wildman–Crippen MR) is 42.9 cm³/mol. The lowest BCUT2D eigenvalue weighted by Crippen LogP contribution is -2.28. The van der Waals surface area contributed by atoms with Crippen LogP contribution in [-0.2, 0) is 4.84 Å². The van der Waals surface area contributed by atoms with Gasteiger partial charge in [0.1, 0.15) is 0 Å². The third kappa shape index (κ3) is 3.04. The lowest BCUT2D eigenvalue weighted by atomic mass is 9.87. The average Bonchev–Trinajstić information content (AvgIpc) is 2.03. The molecule has 0 saturated heterocycles. The van der Waals surface area contributed by atoms with E-state index in [1.807, 2.05) is 0 Å². The van der Waals surface area contributed by atoms with Gasteiger partial charge in [-0.25, -0.2) is 0 Å². The maximum absolute atomic E-state index is 9.86. The van der Waals surface area contributed by atoms with Crippen molar-refractivity contribution in [3.05, 3.63) is 10.1 Å². The minimum Gasteiger partial charge on any atom is -0.328 e. The molecule has 0 radical (unpaired) electrons. The highest BCUT2D eigenvalue weighted by molar-refractivity contribution is 4.73. The van der Waals surface area contributed by atoms with E-state index >= 15 is 0 Å². The van der Waals surface area contributed by atoms with Crippen molar-refractivity contribution in [1.82, 2.24) is 0 Å². The highest BCUT2D eigenvalue weighted by atomic mass is 16.9. The molecule has 0 aromatic rings. The van der Waals surface area contributed by atoms with Gasteiger partial charge in [-0.15, -0.1) is 10.1 Å². The number of rotatable bonds is 3. The van der Waals surface area contributed by atoms with E-state index in [9.17, 15) is 10.1 Å². The molecular formula is C7H14N2O3. The molecule has 1 aliphatic rings. The molecule has 0 unspecified atom stereocenters. The van der Waals surface area contributed by atoms with Gasteiger partial charge in [0.25, 0.3) is 5.09 Å². The van der Waals surface area contributed by atoms with Crippen LogP contribution in [0.4, 0.5) is 0 Å². The molecule has 1 aliphatic carbocycles. The Bertz CT molecular complexity index is 155. The summed E-state index contributed by atoms with van der Waals surface area (Å²) in [5.41, 5.74) is 5.68. The zero-order valence-electron chi connectivity index (χ0n) is 6.94. The lowest BCUT2D eigenvalue weighted by molar-refractivity contribution is -0.759. The first-order valence-corrected chi connectivity index (χ1v) is 4.21. The first kappa shape index (κ1) is 9.25. The molecule has 5 heteroatoms.